The third kappa shape index (κ3) is 3.03. The van der Waals surface area contributed by atoms with Crippen molar-refractivity contribution in [1.82, 2.24) is 4.98 Å². The minimum absolute atomic E-state index is 0.201. The van der Waals surface area contributed by atoms with Crippen molar-refractivity contribution >= 4 is 19.9 Å². The van der Waals surface area contributed by atoms with Crippen molar-refractivity contribution in [2.45, 2.75) is 45.9 Å². The zero-order valence-corrected chi connectivity index (χ0v) is 13.2. The molecule has 1 aromatic carbocycles. The summed E-state index contributed by atoms with van der Waals surface area (Å²) in [6, 6.07) is 8.87. The summed E-state index contributed by atoms with van der Waals surface area (Å²) in [6.07, 6.45) is 0. The van der Waals surface area contributed by atoms with Crippen LogP contribution in [-0.4, -0.2) is 14.0 Å². The molecule has 0 spiro atoms. The Morgan fingerprint density at radius 1 is 1.17 bits per heavy atom. The number of rotatable bonds is 3. The highest BCUT2D eigenvalue weighted by Crippen LogP contribution is 2.26. The molecular weight excluding hydrogens is 238 g/mol. The molecule has 0 atom stereocenters. The molecule has 18 heavy (non-hydrogen) atoms. The first-order valence-corrected chi connectivity index (χ1v) is 9.38. The van der Waals surface area contributed by atoms with Gasteiger partial charge < -0.3 is 9.41 Å². The van der Waals surface area contributed by atoms with Crippen LogP contribution in [0.5, 0.6) is 0 Å². The minimum Gasteiger partial charge on any atom is -0.415 e. The molecule has 1 aromatic heterocycles. The quantitative estimate of drug-likeness (QED) is 0.831. The normalized spacial score (nSPS) is 12.6. The van der Waals surface area contributed by atoms with E-state index in [1.807, 2.05) is 0 Å². The number of benzene rings is 1. The van der Waals surface area contributed by atoms with Gasteiger partial charge in [-0.3, -0.25) is 0 Å². The van der Waals surface area contributed by atoms with Gasteiger partial charge in [0.25, 0.3) is 0 Å². The number of H-pyrrole nitrogens is 1. The monoisotopic (exact) mass is 261 g/mol. The van der Waals surface area contributed by atoms with Crippen molar-refractivity contribution in [2.75, 3.05) is 0 Å². The SMILES string of the molecule is C[SiH](C)OCc1cc2cc(C(C)(C)C)ccc2[nH]1. The van der Waals surface area contributed by atoms with Gasteiger partial charge in [0.05, 0.1) is 6.61 Å². The molecule has 0 fully saturated rings. The van der Waals surface area contributed by atoms with Gasteiger partial charge in [-0.25, -0.2) is 0 Å². The Kier molecular flexibility index (Phi) is 3.64. The summed E-state index contributed by atoms with van der Waals surface area (Å²) in [7, 11) is -0.942. The molecule has 0 unspecified atom stereocenters. The second-order valence-electron chi connectivity index (χ2n) is 6.21. The number of aromatic amines is 1. The number of hydrogen-bond donors (Lipinski definition) is 1. The lowest BCUT2D eigenvalue weighted by Gasteiger charge is -2.18. The molecule has 3 heteroatoms. The van der Waals surface area contributed by atoms with Crippen molar-refractivity contribution in [2.24, 2.45) is 0 Å². The Morgan fingerprint density at radius 2 is 1.89 bits per heavy atom. The molecule has 0 aliphatic rings. The molecule has 2 nitrogen and oxygen atoms in total. The highest BCUT2D eigenvalue weighted by atomic mass is 28.3. The van der Waals surface area contributed by atoms with Gasteiger partial charge in [0.1, 0.15) is 0 Å². The van der Waals surface area contributed by atoms with E-state index >= 15 is 0 Å². The van der Waals surface area contributed by atoms with E-state index in [0.717, 1.165) is 0 Å². The molecule has 0 bridgehead atoms. The summed E-state index contributed by atoms with van der Waals surface area (Å²) in [4.78, 5) is 3.43. The number of nitrogens with one attached hydrogen (secondary N) is 1. The van der Waals surface area contributed by atoms with E-state index in [-0.39, 0.29) is 5.41 Å². The van der Waals surface area contributed by atoms with Crippen LogP contribution in [0.25, 0.3) is 10.9 Å². The lowest BCUT2D eigenvalue weighted by molar-refractivity contribution is 0.310. The van der Waals surface area contributed by atoms with Crippen molar-refractivity contribution in [3.63, 3.8) is 0 Å². The average molecular weight is 261 g/mol. The first kappa shape index (κ1) is 13.4. The average Bonchev–Trinajstić information content (AvgIpc) is 2.66. The Balaban J connectivity index is 2.28. The van der Waals surface area contributed by atoms with E-state index in [0.29, 0.717) is 6.61 Å². The number of aromatic nitrogens is 1. The van der Waals surface area contributed by atoms with Crippen LogP contribution in [0.15, 0.2) is 24.3 Å². The predicted octanol–water partition coefficient (Wildman–Crippen LogP) is 3.97. The van der Waals surface area contributed by atoms with Crippen molar-refractivity contribution in [1.29, 1.82) is 0 Å². The Hall–Kier alpha value is -1.06. The van der Waals surface area contributed by atoms with E-state index in [9.17, 15) is 0 Å². The van der Waals surface area contributed by atoms with Crippen LogP contribution in [0.3, 0.4) is 0 Å². The molecule has 98 valence electrons. The summed E-state index contributed by atoms with van der Waals surface area (Å²) >= 11 is 0. The molecule has 1 N–H and O–H groups in total. The van der Waals surface area contributed by atoms with E-state index in [1.54, 1.807) is 0 Å². The Morgan fingerprint density at radius 3 is 2.50 bits per heavy atom. The molecule has 1 heterocycles. The molecule has 0 aliphatic carbocycles. The summed E-state index contributed by atoms with van der Waals surface area (Å²) in [5, 5.41) is 1.28. The van der Waals surface area contributed by atoms with Gasteiger partial charge in [-0.05, 0) is 42.3 Å². The summed E-state index contributed by atoms with van der Waals surface area (Å²) in [6.45, 7) is 11.8. The lowest BCUT2D eigenvalue weighted by atomic mass is 9.86. The van der Waals surface area contributed by atoms with Crippen LogP contribution in [0, 0.1) is 0 Å². The van der Waals surface area contributed by atoms with E-state index < -0.39 is 9.04 Å². The second-order valence-corrected chi connectivity index (χ2v) is 8.64. The molecular formula is C15H23NOSi. The number of fused-ring (bicyclic) bond motifs is 1. The van der Waals surface area contributed by atoms with Gasteiger partial charge in [-0.15, -0.1) is 0 Å². The molecule has 2 rings (SSSR count). The van der Waals surface area contributed by atoms with Crippen LogP contribution in [0.2, 0.25) is 13.1 Å². The highest BCUT2D eigenvalue weighted by Gasteiger charge is 2.14. The topological polar surface area (TPSA) is 25.0 Å². The van der Waals surface area contributed by atoms with Gasteiger partial charge in [0, 0.05) is 16.6 Å². The van der Waals surface area contributed by atoms with Crippen LogP contribution >= 0.6 is 0 Å². The summed E-state index contributed by atoms with van der Waals surface area (Å²) < 4.78 is 5.76. The first-order valence-electron chi connectivity index (χ1n) is 6.60. The van der Waals surface area contributed by atoms with E-state index in [4.69, 9.17) is 4.43 Å². The van der Waals surface area contributed by atoms with Gasteiger partial charge in [-0.1, -0.05) is 26.8 Å². The summed E-state index contributed by atoms with van der Waals surface area (Å²) in [5.74, 6) is 0. The van der Waals surface area contributed by atoms with Crippen molar-refractivity contribution in [3.8, 4) is 0 Å². The zero-order chi connectivity index (χ0) is 13.3. The molecule has 0 aliphatic heterocycles. The van der Waals surface area contributed by atoms with Gasteiger partial charge >= 0.3 is 0 Å². The third-order valence-corrected chi connectivity index (χ3v) is 3.95. The van der Waals surface area contributed by atoms with Crippen molar-refractivity contribution in [3.05, 3.63) is 35.5 Å². The molecule has 0 radical (unpaired) electrons. The van der Waals surface area contributed by atoms with Gasteiger partial charge in [0.2, 0.25) is 0 Å². The molecule has 0 saturated heterocycles. The van der Waals surface area contributed by atoms with Crippen LogP contribution in [0.1, 0.15) is 32.0 Å². The zero-order valence-electron chi connectivity index (χ0n) is 12.0. The molecule has 0 saturated carbocycles. The maximum Gasteiger partial charge on any atom is 0.171 e. The fraction of sp³-hybridized carbons (Fsp3) is 0.467. The third-order valence-electron chi connectivity index (χ3n) is 3.11. The van der Waals surface area contributed by atoms with E-state index in [2.05, 4.69) is 63.1 Å². The fourth-order valence-electron chi connectivity index (χ4n) is 1.99. The minimum atomic E-state index is -0.942. The number of hydrogen-bond acceptors (Lipinski definition) is 1. The second kappa shape index (κ2) is 4.90. The lowest BCUT2D eigenvalue weighted by Crippen LogP contribution is -2.10. The smallest absolute Gasteiger partial charge is 0.171 e. The maximum atomic E-state index is 5.76. The van der Waals surface area contributed by atoms with Crippen LogP contribution < -0.4 is 0 Å². The van der Waals surface area contributed by atoms with Crippen molar-refractivity contribution < 1.29 is 4.43 Å². The first-order chi connectivity index (χ1) is 8.36. The van der Waals surface area contributed by atoms with E-state index in [1.165, 1.54) is 22.2 Å². The van der Waals surface area contributed by atoms with Gasteiger partial charge in [0.15, 0.2) is 9.04 Å². The van der Waals surface area contributed by atoms with Crippen LogP contribution in [0.4, 0.5) is 0 Å². The predicted molar refractivity (Wildman–Crippen MR) is 80.7 cm³/mol. The molecule has 2 aromatic rings. The standard InChI is InChI=1S/C15H23NOSi/c1-15(2,3)12-6-7-14-11(8-12)9-13(16-14)10-17-18(4)5/h6-9,16,18H,10H2,1-5H3. The fourth-order valence-corrected chi connectivity index (χ4v) is 2.51. The van der Waals surface area contributed by atoms with Crippen LogP contribution in [-0.2, 0) is 16.4 Å². The largest absolute Gasteiger partial charge is 0.415 e. The highest BCUT2D eigenvalue weighted by molar-refractivity contribution is 6.48. The molecule has 0 amide bonds. The Labute approximate surface area is 111 Å². The Bertz CT molecular complexity index is 537. The van der Waals surface area contributed by atoms with Gasteiger partial charge in [-0.2, -0.15) is 0 Å². The summed E-state index contributed by atoms with van der Waals surface area (Å²) in [5.41, 5.74) is 3.96. The maximum absolute atomic E-state index is 5.76.